The molecule has 74 heavy (non-hydrogen) atoms. The van der Waals surface area contributed by atoms with Gasteiger partial charge in [-0.05, 0) is 6.42 Å². The molecule has 35 nitrogen and oxygen atoms in total. The first-order chi connectivity index (χ1) is 34.7. The first-order valence-corrected chi connectivity index (χ1v) is 28.4. The molecule has 5 aromatic rings. The maximum absolute atomic E-state index is 14.3. The third kappa shape index (κ3) is 11.4. The standard InChI is InChI=1S/C35H50N12O23P4/c1-44-13-47(29-21(44)30(52)43-34(37)42-29)31-22(49)15(5-7-62-2)16(67-31)8-64-71(54,55)14-72(56,57)70-74(60,61)66-10-18-26(25(63-3)33(69-18)46-12-40-20-27(36)38-11-39-28(20)46)73(58,59)65-9-17-23(50)24(51)32(68-17)45-6-4-19(48)41-35(45)53/h4,6,11-13,15-18,22-26,31-33,49-51H,5,7-10,14H2,1-3H3,(H9-,36,37,38,39,41,42,43,48,52,53,54,55,56,57,58,59,60,61)/p+1/t15-,16-,17-,18-,22-,23-,24-,25-,26-,31?,32-,33-/m1/s1. The van der Waals surface area contributed by atoms with Gasteiger partial charge in [0.1, 0.15) is 54.1 Å². The maximum atomic E-state index is 14.3. The number of phosphoric ester groups is 1. The molecule has 13 N–H and O–H groups in total. The smallest absolute Gasteiger partial charge is 0.387 e. The van der Waals surface area contributed by atoms with E-state index in [0.717, 1.165) is 36.6 Å². The number of aryl methyl sites for hydroxylation is 1. The van der Waals surface area contributed by atoms with E-state index in [1.165, 1.54) is 34.2 Å². The number of hydrogen-bond acceptors (Lipinski definition) is 25. The molecule has 3 aliphatic heterocycles. The second-order valence-corrected chi connectivity index (χ2v) is 24.8. The summed E-state index contributed by atoms with van der Waals surface area (Å²) in [5.41, 5.74) is 7.50. The van der Waals surface area contributed by atoms with Gasteiger partial charge in [-0.1, -0.05) is 4.98 Å². The van der Waals surface area contributed by atoms with Crippen LogP contribution in [0.3, 0.4) is 0 Å². The zero-order valence-electron chi connectivity index (χ0n) is 38.7. The molecule has 39 heteroatoms. The average Bonchev–Trinajstić information content (AvgIpc) is 4.12. The molecule has 0 spiro atoms. The number of aromatic amines is 2. The van der Waals surface area contributed by atoms with Gasteiger partial charge in [-0.15, -0.1) is 0 Å². The van der Waals surface area contributed by atoms with Gasteiger partial charge in [-0.2, -0.15) is 0 Å². The van der Waals surface area contributed by atoms with Crippen LogP contribution in [-0.4, -0.2) is 173 Å². The summed E-state index contributed by atoms with van der Waals surface area (Å²) in [6, 6.07) is 0.935. The molecule has 0 aromatic carbocycles. The quantitative estimate of drug-likeness (QED) is 0.0252. The van der Waals surface area contributed by atoms with E-state index in [0.29, 0.717) is 0 Å². The zero-order valence-corrected chi connectivity index (χ0v) is 42.3. The molecule has 3 saturated heterocycles. The van der Waals surface area contributed by atoms with Gasteiger partial charge in [0.25, 0.3) is 17.1 Å². The topological polar surface area (TPSA) is 498 Å². The van der Waals surface area contributed by atoms with Gasteiger partial charge in [-0.25, -0.2) is 33.2 Å². The highest BCUT2D eigenvalue weighted by molar-refractivity contribution is 7.74. The van der Waals surface area contributed by atoms with Crippen LogP contribution in [0.5, 0.6) is 0 Å². The molecule has 3 aliphatic rings. The molecule has 3 fully saturated rings. The van der Waals surface area contributed by atoms with Crippen molar-refractivity contribution in [3.8, 4) is 0 Å². The number of ether oxygens (including phenoxy) is 5. The molecular formula is C35H51N12O23P4+. The van der Waals surface area contributed by atoms with Crippen molar-refractivity contribution in [1.82, 2.24) is 43.6 Å². The number of anilines is 2. The Hall–Kier alpha value is -4.54. The molecule has 5 aromatic heterocycles. The molecule has 0 amide bonds. The summed E-state index contributed by atoms with van der Waals surface area (Å²) in [5.74, 6) is -3.02. The summed E-state index contributed by atoms with van der Waals surface area (Å²) < 4.78 is 107. The van der Waals surface area contributed by atoms with Crippen molar-refractivity contribution >= 4 is 64.7 Å². The lowest BCUT2D eigenvalue weighted by atomic mass is 9.95. The molecule has 0 radical (unpaired) electrons. The highest BCUT2D eigenvalue weighted by Crippen LogP contribution is 2.67. The Morgan fingerprint density at radius 2 is 1.53 bits per heavy atom. The van der Waals surface area contributed by atoms with Gasteiger partial charge in [-0.3, -0.25) is 51.5 Å². The lowest BCUT2D eigenvalue weighted by molar-refractivity contribution is -0.745. The van der Waals surface area contributed by atoms with Crippen molar-refractivity contribution in [2.75, 3.05) is 58.0 Å². The number of hydrogen-bond donors (Lipinski definition) is 11. The van der Waals surface area contributed by atoms with Gasteiger partial charge in [0.2, 0.25) is 11.7 Å². The lowest BCUT2D eigenvalue weighted by Crippen LogP contribution is -2.45. The highest BCUT2D eigenvalue weighted by Gasteiger charge is 2.58. The molecule has 0 bridgehead atoms. The van der Waals surface area contributed by atoms with E-state index in [9.17, 15) is 67.5 Å². The van der Waals surface area contributed by atoms with Crippen LogP contribution in [0.1, 0.15) is 25.1 Å². The van der Waals surface area contributed by atoms with E-state index >= 15 is 0 Å². The van der Waals surface area contributed by atoms with Crippen LogP contribution >= 0.6 is 30.6 Å². The fourth-order valence-corrected chi connectivity index (χ4v) is 15.6. The number of aliphatic hydroxyl groups excluding tert-OH is 3. The summed E-state index contributed by atoms with van der Waals surface area (Å²) in [6.45, 7) is -2.97. The normalized spacial score (nSPS) is 30.6. The number of nitrogen functional groups attached to an aromatic ring is 2. The number of rotatable bonds is 21. The van der Waals surface area contributed by atoms with Crippen molar-refractivity contribution in [2.24, 2.45) is 13.0 Å². The number of fused-ring (bicyclic) bond motifs is 2. The number of nitrogens with zero attached hydrogens (tertiary/aromatic N) is 8. The van der Waals surface area contributed by atoms with Gasteiger partial charge >= 0.3 is 41.9 Å². The molecule has 16 atom stereocenters. The first kappa shape index (κ1) is 55.7. The third-order valence-corrected chi connectivity index (χ3v) is 19.8. The maximum Gasteiger partial charge on any atom is 0.479 e. The molecule has 5 unspecified atom stereocenters. The van der Waals surface area contributed by atoms with Crippen molar-refractivity contribution in [2.45, 2.75) is 73.5 Å². The second-order valence-electron chi connectivity index (χ2n) is 17.1. The van der Waals surface area contributed by atoms with E-state index in [2.05, 4.69) is 29.2 Å². The van der Waals surface area contributed by atoms with Gasteiger partial charge in [0, 0.05) is 39.0 Å². The number of nitrogens with one attached hydrogen (secondary N) is 2. The minimum atomic E-state index is -5.85. The second kappa shape index (κ2) is 21.5. The average molecular weight is 1130 g/mol. The van der Waals surface area contributed by atoms with Crippen LogP contribution in [0.2, 0.25) is 0 Å². The van der Waals surface area contributed by atoms with Crippen LogP contribution in [-0.2, 0) is 66.9 Å². The number of imidazole rings is 2. The predicted octanol–water partition coefficient (Wildman–Crippen LogP) is -3.40. The van der Waals surface area contributed by atoms with Crippen LogP contribution in [0.25, 0.3) is 22.3 Å². The van der Waals surface area contributed by atoms with Crippen LogP contribution < -0.4 is 32.8 Å². The summed E-state index contributed by atoms with van der Waals surface area (Å²) in [6.07, 6.45) is -11.0. The molecule has 8 heterocycles. The Bertz CT molecular complexity index is 3260. The number of methoxy groups -OCH3 is 2. The van der Waals surface area contributed by atoms with Crippen molar-refractivity contribution in [3.05, 3.63) is 62.4 Å². The van der Waals surface area contributed by atoms with E-state index in [4.69, 9.17) is 48.7 Å². The van der Waals surface area contributed by atoms with Crippen molar-refractivity contribution in [3.63, 3.8) is 0 Å². The van der Waals surface area contributed by atoms with Crippen LogP contribution in [0.4, 0.5) is 11.8 Å². The van der Waals surface area contributed by atoms with Gasteiger partial charge in [0.15, 0.2) is 36.2 Å². The highest BCUT2D eigenvalue weighted by atomic mass is 31.3. The number of aromatic nitrogens is 10. The molecule has 8 rings (SSSR count). The molecular weight excluding hydrogens is 1080 g/mol. The van der Waals surface area contributed by atoms with Crippen LogP contribution in [0.15, 0.2) is 45.6 Å². The zero-order chi connectivity index (χ0) is 53.8. The Kier molecular flexibility index (Phi) is 16.2. The monoisotopic (exact) mass is 1130 g/mol. The number of aliphatic hydroxyl groups is 3. The Morgan fingerprint density at radius 3 is 2.23 bits per heavy atom. The minimum Gasteiger partial charge on any atom is -0.387 e. The lowest BCUT2D eigenvalue weighted by Gasteiger charge is -2.28. The first-order valence-electron chi connectivity index (χ1n) is 21.7. The summed E-state index contributed by atoms with van der Waals surface area (Å²) >= 11 is 0. The number of nitrogens with two attached hydrogens (primary N) is 2. The summed E-state index contributed by atoms with van der Waals surface area (Å²) in [7, 11) is -18.1. The van der Waals surface area contributed by atoms with Crippen molar-refractivity contribution < 1.29 is 99.3 Å². The Balaban J connectivity index is 0.959. The van der Waals surface area contributed by atoms with E-state index < -0.39 is 146 Å². The van der Waals surface area contributed by atoms with E-state index in [-0.39, 0.29) is 47.1 Å². The van der Waals surface area contributed by atoms with E-state index in [1.54, 1.807) is 0 Å². The van der Waals surface area contributed by atoms with Crippen LogP contribution in [0, 0.1) is 5.92 Å². The van der Waals surface area contributed by atoms with Gasteiger partial charge < -0.3 is 79.1 Å². The fraction of sp³-hybridized carbons (Fsp3) is 0.600. The SMILES string of the molecule is COCC[C@@H]1[C@@H](COP(=O)(O)CP(=O)(O)OP(=O)(O)OC[C@H]2O[C@@H](n3cnc4c(N)ncnc43)[C@H](OC)[C@@H]2P(=O)(O)OC[C@H]2O[C@@H](n3ccc(=O)[nH]c3=O)[C@H](O)[C@@H]2O)OC([n+]2cn(C)c3c(=O)[nH]c(N)nc32)[C@@H]1O. The fourth-order valence-electron chi connectivity index (χ4n) is 8.86. The third-order valence-electron chi connectivity index (χ3n) is 12.2. The van der Waals surface area contributed by atoms with Gasteiger partial charge in [0.05, 0.1) is 39.3 Å². The Labute approximate surface area is 413 Å². The number of phosphoric acid groups is 1. The predicted molar refractivity (Wildman–Crippen MR) is 244 cm³/mol. The molecule has 0 saturated carbocycles. The number of H-pyrrole nitrogens is 2. The van der Waals surface area contributed by atoms with E-state index in [1.807, 2.05) is 4.98 Å². The minimum absolute atomic E-state index is 0.0111. The Morgan fingerprint density at radius 1 is 0.824 bits per heavy atom. The van der Waals surface area contributed by atoms with Crippen molar-refractivity contribution in [1.29, 1.82) is 0 Å². The molecule has 408 valence electrons. The summed E-state index contributed by atoms with van der Waals surface area (Å²) in [5, 5.41) is 32.9. The molecule has 0 aliphatic carbocycles. The summed E-state index contributed by atoms with van der Waals surface area (Å²) in [4.78, 5) is 101. The largest absolute Gasteiger partial charge is 0.479 e.